The number of hydrogen-bond donors (Lipinski definition) is 1. The molecule has 0 aromatic heterocycles. The Morgan fingerprint density at radius 1 is 1.44 bits per heavy atom. The van der Waals surface area contributed by atoms with Crippen molar-refractivity contribution < 1.29 is 14.3 Å². The van der Waals surface area contributed by atoms with Crippen molar-refractivity contribution in [2.24, 2.45) is 5.92 Å². The highest BCUT2D eigenvalue weighted by atomic mass is 32.2. The molecular formula is C11H19NO3S. The molecule has 1 heterocycles. The molecule has 0 aromatic carbocycles. The molecular weight excluding hydrogens is 226 g/mol. The van der Waals surface area contributed by atoms with Crippen LogP contribution in [0.1, 0.15) is 20.8 Å². The smallest absolute Gasteiger partial charge is 0.230 e. The van der Waals surface area contributed by atoms with Crippen molar-refractivity contribution >= 4 is 23.5 Å². The molecule has 0 saturated carbocycles. The molecule has 0 radical (unpaired) electrons. The minimum absolute atomic E-state index is 0.0142. The molecule has 0 spiro atoms. The molecule has 4 nitrogen and oxygen atoms in total. The summed E-state index contributed by atoms with van der Waals surface area (Å²) in [5.41, 5.74) is 0. The van der Waals surface area contributed by atoms with E-state index in [2.05, 4.69) is 5.32 Å². The Morgan fingerprint density at radius 2 is 2.06 bits per heavy atom. The van der Waals surface area contributed by atoms with Crippen LogP contribution in [-0.4, -0.2) is 41.9 Å². The fourth-order valence-corrected chi connectivity index (χ4v) is 2.31. The van der Waals surface area contributed by atoms with Gasteiger partial charge in [-0.1, -0.05) is 13.8 Å². The van der Waals surface area contributed by atoms with Crippen LogP contribution in [0.5, 0.6) is 0 Å². The lowest BCUT2D eigenvalue weighted by molar-refractivity contribution is -0.126. The van der Waals surface area contributed by atoms with E-state index < -0.39 is 0 Å². The molecule has 1 amide bonds. The molecule has 1 N–H and O–H groups in total. The van der Waals surface area contributed by atoms with Crippen molar-refractivity contribution in [3.63, 3.8) is 0 Å². The van der Waals surface area contributed by atoms with E-state index in [1.54, 1.807) is 11.8 Å². The summed E-state index contributed by atoms with van der Waals surface area (Å²) in [4.78, 5) is 22.9. The molecule has 0 bridgehead atoms. The number of carbonyl (C=O) groups is 2. The van der Waals surface area contributed by atoms with E-state index in [1.165, 1.54) is 6.92 Å². The molecule has 92 valence electrons. The van der Waals surface area contributed by atoms with Crippen molar-refractivity contribution in [2.45, 2.75) is 32.1 Å². The number of rotatable bonds is 6. The monoisotopic (exact) mass is 245 g/mol. The number of ether oxygens (including phenoxy) is 1. The quantitative estimate of drug-likeness (QED) is 0.753. The van der Waals surface area contributed by atoms with Crippen molar-refractivity contribution in [3.8, 4) is 0 Å². The van der Waals surface area contributed by atoms with Gasteiger partial charge >= 0.3 is 0 Å². The molecule has 1 atom stereocenters. The minimum atomic E-state index is -0.356. The molecule has 1 aliphatic rings. The second-order valence-electron chi connectivity index (χ2n) is 4.37. The number of hydrogen-bond acceptors (Lipinski definition) is 4. The topological polar surface area (TPSA) is 55.4 Å². The summed E-state index contributed by atoms with van der Waals surface area (Å²) < 4.78 is 5.02. The highest BCUT2D eigenvalue weighted by molar-refractivity contribution is 8.00. The summed E-state index contributed by atoms with van der Waals surface area (Å²) in [5.74, 6) is 0.495. The Balaban J connectivity index is 2.27. The third-order valence-corrected chi connectivity index (χ3v) is 3.65. The summed E-state index contributed by atoms with van der Waals surface area (Å²) in [6.45, 7) is 6.84. The van der Waals surface area contributed by atoms with Crippen LogP contribution in [0.3, 0.4) is 0 Å². The maximum atomic E-state index is 11.6. The molecule has 16 heavy (non-hydrogen) atoms. The fraction of sp³-hybridized carbons (Fsp3) is 0.818. The first-order valence-electron chi connectivity index (χ1n) is 5.50. The second-order valence-corrected chi connectivity index (χ2v) is 5.66. The number of thioether (sulfide) groups is 1. The minimum Gasteiger partial charge on any atom is -0.379 e. The van der Waals surface area contributed by atoms with Crippen LogP contribution in [0, 0.1) is 5.92 Å². The van der Waals surface area contributed by atoms with Crippen LogP contribution in [0.2, 0.25) is 0 Å². The van der Waals surface area contributed by atoms with Crippen LogP contribution >= 0.6 is 11.8 Å². The van der Waals surface area contributed by atoms with E-state index in [-0.39, 0.29) is 23.7 Å². The molecule has 1 aliphatic heterocycles. The van der Waals surface area contributed by atoms with Crippen LogP contribution < -0.4 is 5.32 Å². The highest BCUT2D eigenvalue weighted by Crippen LogP contribution is 2.18. The van der Waals surface area contributed by atoms with E-state index in [1.807, 2.05) is 13.8 Å². The Labute approximate surface area is 100 Å². The van der Waals surface area contributed by atoms with E-state index in [4.69, 9.17) is 4.74 Å². The first kappa shape index (κ1) is 13.5. The van der Waals surface area contributed by atoms with Crippen LogP contribution in [0.15, 0.2) is 0 Å². The van der Waals surface area contributed by atoms with Crippen molar-refractivity contribution in [2.75, 3.05) is 19.0 Å². The van der Waals surface area contributed by atoms with Gasteiger partial charge in [0.1, 0.15) is 0 Å². The van der Waals surface area contributed by atoms with Gasteiger partial charge in [0.05, 0.1) is 30.3 Å². The Hall–Kier alpha value is -0.550. The van der Waals surface area contributed by atoms with Gasteiger partial charge in [-0.25, -0.2) is 0 Å². The fourth-order valence-electron chi connectivity index (χ4n) is 1.46. The third kappa shape index (κ3) is 4.14. The van der Waals surface area contributed by atoms with Gasteiger partial charge in [-0.3, -0.25) is 9.59 Å². The third-order valence-electron chi connectivity index (χ3n) is 2.48. The van der Waals surface area contributed by atoms with E-state index in [0.29, 0.717) is 11.0 Å². The second kappa shape index (κ2) is 6.25. The first-order valence-corrected chi connectivity index (χ1v) is 6.54. The molecule has 1 rings (SSSR count). The van der Waals surface area contributed by atoms with Gasteiger partial charge in [-0.2, -0.15) is 0 Å². The Bertz CT molecular complexity index is 264. The van der Waals surface area contributed by atoms with Gasteiger partial charge in [0, 0.05) is 0 Å². The molecule has 1 unspecified atom stereocenters. The van der Waals surface area contributed by atoms with Crippen molar-refractivity contribution in [1.29, 1.82) is 0 Å². The van der Waals surface area contributed by atoms with Crippen molar-refractivity contribution in [3.05, 3.63) is 0 Å². The molecule has 0 aromatic rings. The number of Topliss-reactive ketones (excluding diaryl/α,β-unsaturated/α-hetero) is 1. The van der Waals surface area contributed by atoms with E-state index in [0.717, 1.165) is 13.2 Å². The summed E-state index contributed by atoms with van der Waals surface area (Å²) in [6.07, 6.45) is 0. The highest BCUT2D eigenvalue weighted by Gasteiger charge is 2.23. The maximum absolute atomic E-state index is 11.6. The lowest BCUT2D eigenvalue weighted by Gasteiger charge is -2.25. The normalized spacial score (nSPS) is 18.0. The van der Waals surface area contributed by atoms with Crippen LogP contribution in [0.25, 0.3) is 0 Å². The predicted molar refractivity (Wildman–Crippen MR) is 64.5 cm³/mol. The number of carbonyl (C=O) groups excluding carboxylic acids is 2. The maximum Gasteiger partial charge on any atom is 0.230 e. The number of amides is 1. The van der Waals surface area contributed by atoms with Gasteiger partial charge in [-0.15, -0.1) is 11.8 Å². The summed E-state index contributed by atoms with van der Waals surface area (Å²) >= 11 is 1.59. The summed E-state index contributed by atoms with van der Waals surface area (Å²) in [6, 6.07) is -0.356. The average molecular weight is 245 g/mol. The molecule has 5 heteroatoms. The molecule has 0 aliphatic carbocycles. The van der Waals surface area contributed by atoms with Gasteiger partial charge in [-0.05, 0) is 12.8 Å². The number of nitrogens with one attached hydrogen (secondary N) is 1. The zero-order chi connectivity index (χ0) is 12.1. The van der Waals surface area contributed by atoms with Gasteiger partial charge in [0.25, 0.3) is 0 Å². The van der Waals surface area contributed by atoms with Crippen LogP contribution in [0.4, 0.5) is 0 Å². The Kier molecular flexibility index (Phi) is 5.28. The zero-order valence-corrected chi connectivity index (χ0v) is 10.8. The van der Waals surface area contributed by atoms with Crippen molar-refractivity contribution in [1.82, 2.24) is 5.32 Å². The van der Waals surface area contributed by atoms with Gasteiger partial charge in [0.15, 0.2) is 5.78 Å². The van der Waals surface area contributed by atoms with E-state index >= 15 is 0 Å². The van der Waals surface area contributed by atoms with Gasteiger partial charge in [0.2, 0.25) is 5.91 Å². The Morgan fingerprint density at radius 3 is 2.44 bits per heavy atom. The SMILES string of the molecule is CC(=O)C(NC(=O)CSC1COC1)C(C)C. The average Bonchev–Trinajstić information content (AvgIpc) is 2.10. The largest absolute Gasteiger partial charge is 0.379 e. The number of ketones is 1. The molecule has 1 saturated heterocycles. The van der Waals surface area contributed by atoms with Gasteiger partial charge < -0.3 is 10.1 Å². The standard InChI is InChI=1S/C11H19NO3S/c1-7(2)11(8(3)13)12-10(14)6-16-9-4-15-5-9/h7,9,11H,4-6H2,1-3H3,(H,12,14). The molecule has 1 fully saturated rings. The van der Waals surface area contributed by atoms with Crippen LogP contribution in [-0.2, 0) is 14.3 Å². The first-order chi connectivity index (χ1) is 7.50. The van der Waals surface area contributed by atoms with E-state index in [9.17, 15) is 9.59 Å². The lowest BCUT2D eigenvalue weighted by Crippen LogP contribution is -2.44. The predicted octanol–water partition coefficient (Wildman–Crippen LogP) is 0.848. The lowest BCUT2D eigenvalue weighted by atomic mass is 10.0. The zero-order valence-electron chi connectivity index (χ0n) is 9.99. The summed E-state index contributed by atoms with van der Waals surface area (Å²) in [7, 11) is 0. The summed E-state index contributed by atoms with van der Waals surface area (Å²) in [5, 5.41) is 3.21.